The average molecular weight is 275 g/mol. The first-order chi connectivity index (χ1) is 7.08. The lowest BCUT2D eigenvalue weighted by Crippen LogP contribution is -2.07. The standard InChI is InChI=1S/C11H15BrO3/c1-7(2)15-11-9(12)5-8(13-3)6-10(11)14-4/h5-7H,1-4H3. The predicted molar refractivity (Wildman–Crippen MR) is 63.0 cm³/mol. The molecule has 0 spiro atoms. The maximum atomic E-state index is 5.64. The third-order valence-corrected chi connectivity index (χ3v) is 2.38. The van der Waals surface area contributed by atoms with Crippen LogP contribution in [0.1, 0.15) is 13.8 Å². The van der Waals surface area contributed by atoms with Gasteiger partial charge >= 0.3 is 0 Å². The van der Waals surface area contributed by atoms with Crippen molar-refractivity contribution in [1.29, 1.82) is 0 Å². The molecule has 0 heterocycles. The van der Waals surface area contributed by atoms with Gasteiger partial charge < -0.3 is 14.2 Å². The van der Waals surface area contributed by atoms with E-state index in [0.717, 1.165) is 10.2 Å². The van der Waals surface area contributed by atoms with E-state index in [1.165, 1.54) is 0 Å². The molecule has 0 aliphatic heterocycles. The molecule has 4 heteroatoms. The highest BCUT2D eigenvalue weighted by Gasteiger charge is 2.13. The third-order valence-electron chi connectivity index (χ3n) is 1.79. The number of hydrogen-bond donors (Lipinski definition) is 0. The van der Waals surface area contributed by atoms with E-state index in [1.807, 2.05) is 19.9 Å². The molecule has 3 nitrogen and oxygen atoms in total. The van der Waals surface area contributed by atoms with E-state index in [4.69, 9.17) is 14.2 Å². The van der Waals surface area contributed by atoms with Gasteiger partial charge in [0, 0.05) is 6.07 Å². The van der Waals surface area contributed by atoms with Crippen molar-refractivity contribution in [3.05, 3.63) is 16.6 Å². The molecule has 0 aliphatic rings. The van der Waals surface area contributed by atoms with Gasteiger partial charge in [0.25, 0.3) is 0 Å². The van der Waals surface area contributed by atoms with Gasteiger partial charge in [0.2, 0.25) is 0 Å². The van der Waals surface area contributed by atoms with Crippen molar-refractivity contribution in [2.45, 2.75) is 20.0 Å². The van der Waals surface area contributed by atoms with E-state index in [9.17, 15) is 0 Å². The van der Waals surface area contributed by atoms with Crippen molar-refractivity contribution in [2.24, 2.45) is 0 Å². The topological polar surface area (TPSA) is 27.7 Å². The fraction of sp³-hybridized carbons (Fsp3) is 0.455. The van der Waals surface area contributed by atoms with E-state index in [1.54, 1.807) is 20.3 Å². The van der Waals surface area contributed by atoms with E-state index in [0.29, 0.717) is 11.5 Å². The second kappa shape index (κ2) is 5.26. The molecule has 84 valence electrons. The van der Waals surface area contributed by atoms with Crippen LogP contribution in [-0.2, 0) is 0 Å². The normalized spacial score (nSPS) is 10.3. The molecule has 0 unspecified atom stereocenters. The quantitative estimate of drug-likeness (QED) is 0.844. The van der Waals surface area contributed by atoms with Crippen molar-refractivity contribution in [3.63, 3.8) is 0 Å². The average Bonchev–Trinajstić information content (AvgIpc) is 2.20. The van der Waals surface area contributed by atoms with Gasteiger partial charge in [-0.1, -0.05) is 0 Å². The molecule has 1 aromatic carbocycles. The van der Waals surface area contributed by atoms with Crippen LogP contribution in [0.25, 0.3) is 0 Å². The van der Waals surface area contributed by atoms with Crippen LogP contribution in [0, 0.1) is 0 Å². The van der Waals surface area contributed by atoms with Crippen LogP contribution in [0.15, 0.2) is 16.6 Å². The minimum absolute atomic E-state index is 0.101. The SMILES string of the molecule is COc1cc(Br)c(OC(C)C)c(OC)c1. The molecule has 0 bridgehead atoms. The fourth-order valence-corrected chi connectivity index (χ4v) is 1.68. The van der Waals surface area contributed by atoms with Gasteiger partial charge in [-0.05, 0) is 35.8 Å². The van der Waals surface area contributed by atoms with E-state index >= 15 is 0 Å². The summed E-state index contributed by atoms with van der Waals surface area (Å²) in [5, 5.41) is 0. The lowest BCUT2D eigenvalue weighted by atomic mass is 10.3. The van der Waals surface area contributed by atoms with Crippen LogP contribution in [0.5, 0.6) is 17.2 Å². The van der Waals surface area contributed by atoms with Gasteiger partial charge in [-0.3, -0.25) is 0 Å². The maximum Gasteiger partial charge on any atom is 0.175 e. The minimum Gasteiger partial charge on any atom is -0.497 e. The fourth-order valence-electron chi connectivity index (χ4n) is 1.16. The Bertz CT molecular complexity index is 337. The number of benzene rings is 1. The Morgan fingerprint density at radius 2 is 1.80 bits per heavy atom. The Morgan fingerprint density at radius 3 is 2.27 bits per heavy atom. The summed E-state index contributed by atoms with van der Waals surface area (Å²) in [6.45, 7) is 3.94. The Labute approximate surface area is 98.5 Å². The number of halogens is 1. The summed E-state index contributed by atoms with van der Waals surface area (Å²) in [7, 11) is 3.22. The number of methoxy groups -OCH3 is 2. The minimum atomic E-state index is 0.101. The van der Waals surface area contributed by atoms with Gasteiger partial charge in [0.15, 0.2) is 11.5 Å². The molecule has 1 aromatic rings. The zero-order valence-corrected chi connectivity index (χ0v) is 10.9. The Morgan fingerprint density at radius 1 is 1.13 bits per heavy atom. The molecule has 0 radical (unpaired) electrons. The Hall–Kier alpha value is -0.900. The van der Waals surface area contributed by atoms with Crippen LogP contribution in [-0.4, -0.2) is 20.3 Å². The molecular weight excluding hydrogens is 260 g/mol. The molecule has 0 saturated carbocycles. The molecule has 15 heavy (non-hydrogen) atoms. The zero-order chi connectivity index (χ0) is 11.4. The number of rotatable bonds is 4. The van der Waals surface area contributed by atoms with E-state index in [2.05, 4.69) is 15.9 Å². The summed E-state index contributed by atoms with van der Waals surface area (Å²) in [5.74, 6) is 2.10. The van der Waals surface area contributed by atoms with Gasteiger partial charge in [-0.15, -0.1) is 0 Å². The van der Waals surface area contributed by atoms with Crippen LogP contribution in [0.3, 0.4) is 0 Å². The molecule has 0 atom stereocenters. The predicted octanol–water partition coefficient (Wildman–Crippen LogP) is 3.25. The van der Waals surface area contributed by atoms with Crippen molar-refractivity contribution in [1.82, 2.24) is 0 Å². The summed E-state index contributed by atoms with van der Waals surface area (Å²) in [5.41, 5.74) is 0. The maximum absolute atomic E-state index is 5.64. The molecule has 0 N–H and O–H groups in total. The monoisotopic (exact) mass is 274 g/mol. The molecule has 0 aromatic heterocycles. The largest absolute Gasteiger partial charge is 0.497 e. The smallest absolute Gasteiger partial charge is 0.175 e. The number of hydrogen-bond acceptors (Lipinski definition) is 3. The molecule has 0 saturated heterocycles. The molecule has 0 aliphatic carbocycles. The lowest BCUT2D eigenvalue weighted by Gasteiger charge is -2.16. The first-order valence-corrected chi connectivity index (χ1v) is 5.46. The van der Waals surface area contributed by atoms with Gasteiger partial charge in [-0.25, -0.2) is 0 Å². The van der Waals surface area contributed by atoms with E-state index < -0.39 is 0 Å². The van der Waals surface area contributed by atoms with Crippen LogP contribution in [0.2, 0.25) is 0 Å². The molecular formula is C11H15BrO3. The van der Waals surface area contributed by atoms with Gasteiger partial charge in [-0.2, -0.15) is 0 Å². The van der Waals surface area contributed by atoms with Crippen LogP contribution >= 0.6 is 15.9 Å². The number of ether oxygens (including phenoxy) is 3. The summed E-state index contributed by atoms with van der Waals surface area (Å²) in [4.78, 5) is 0. The Kier molecular flexibility index (Phi) is 4.27. The van der Waals surface area contributed by atoms with Crippen molar-refractivity contribution in [2.75, 3.05) is 14.2 Å². The van der Waals surface area contributed by atoms with Gasteiger partial charge in [0.05, 0.1) is 24.8 Å². The zero-order valence-electron chi connectivity index (χ0n) is 9.33. The summed E-state index contributed by atoms with van der Waals surface area (Å²) in [6, 6.07) is 3.64. The first-order valence-electron chi connectivity index (χ1n) is 4.66. The summed E-state index contributed by atoms with van der Waals surface area (Å²) >= 11 is 3.42. The van der Waals surface area contributed by atoms with Crippen molar-refractivity contribution in [3.8, 4) is 17.2 Å². The van der Waals surface area contributed by atoms with E-state index in [-0.39, 0.29) is 6.10 Å². The second-order valence-corrected chi connectivity index (χ2v) is 4.16. The molecule has 0 amide bonds. The Balaban J connectivity index is 3.12. The highest BCUT2D eigenvalue weighted by atomic mass is 79.9. The second-order valence-electron chi connectivity index (χ2n) is 3.31. The molecule has 1 rings (SSSR count). The van der Waals surface area contributed by atoms with Crippen LogP contribution < -0.4 is 14.2 Å². The van der Waals surface area contributed by atoms with Crippen molar-refractivity contribution >= 4 is 15.9 Å². The lowest BCUT2D eigenvalue weighted by molar-refractivity contribution is 0.228. The molecule has 0 fully saturated rings. The highest BCUT2D eigenvalue weighted by Crippen LogP contribution is 2.39. The van der Waals surface area contributed by atoms with Crippen molar-refractivity contribution < 1.29 is 14.2 Å². The summed E-state index contributed by atoms with van der Waals surface area (Å²) < 4.78 is 16.8. The van der Waals surface area contributed by atoms with Crippen LogP contribution in [0.4, 0.5) is 0 Å². The highest BCUT2D eigenvalue weighted by molar-refractivity contribution is 9.10. The van der Waals surface area contributed by atoms with Gasteiger partial charge in [0.1, 0.15) is 5.75 Å². The third kappa shape index (κ3) is 3.02. The first kappa shape index (κ1) is 12.2. The summed E-state index contributed by atoms with van der Waals surface area (Å²) in [6.07, 6.45) is 0.101.